The number of phenolic OH excluding ortho intramolecular Hbond substituents is 2. The predicted octanol–water partition coefficient (Wildman–Crippen LogP) is 0.395. The fourth-order valence-electron chi connectivity index (χ4n) is 3.79. The maximum atomic E-state index is 12.7. The van der Waals surface area contributed by atoms with Crippen molar-refractivity contribution in [2.45, 2.75) is 30.5 Å². The fourth-order valence-corrected chi connectivity index (χ4v) is 3.79. The van der Waals surface area contributed by atoms with E-state index in [1.807, 2.05) is 0 Å². The highest BCUT2D eigenvalue weighted by Crippen LogP contribution is 2.43. The molecule has 2 aromatic carbocycles. The number of hydrogen-bond donors (Lipinski definition) is 6. The summed E-state index contributed by atoms with van der Waals surface area (Å²) in [5.74, 6) is -0.456. The van der Waals surface area contributed by atoms with Gasteiger partial charge in [-0.3, -0.25) is 4.79 Å². The van der Waals surface area contributed by atoms with E-state index in [9.17, 15) is 35.4 Å². The van der Waals surface area contributed by atoms with Gasteiger partial charge in [0.05, 0.1) is 13.7 Å². The Kier molecular flexibility index (Phi) is 5.80. The lowest BCUT2D eigenvalue weighted by Crippen LogP contribution is -2.55. The van der Waals surface area contributed by atoms with E-state index in [0.29, 0.717) is 11.3 Å². The summed E-state index contributed by atoms with van der Waals surface area (Å²) in [6.07, 6.45) is -7.65. The standard InChI is InChI=1S/C22H22O10/c1-30-10-4-2-9(3-5-10)14-7-13(25)16-12(24)6-11(17(26)22(16)31-14)21-20(29)19(28)18(27)15(8-23)32-21/h2-7,15,18-21,23-24,26-29H,8H2,1H3/t15-,18-,19+,20-,21-/m1/s1. The van der Waals surface area contributed by atoms with Gasteiger partial charge in [-0.15, -0.1) is 0 Å². The van der Waals surface area contributed by atoms with E-state index >= 15 is 0 Å². The monoisotopic (exact) mass is 446 g/mol. The Morgan fingerprint density at radius 3 is 2.31 bits per heavy atom. The van der Waals surface area contributed by atoms with Crippen molar-refractivity contribution >= 4 is 11.0 Å². The molecule has 10 nitrogen and oxygen atoms in total. The van der Waals surface area contributed by atoms with E-state index in [4.69, 9.17) is 13.9 Å². The van der Waals surface area contributed by atoms with Crippen LogP contribution < -0.4 is 10.2 Å². The summed E-state index contributed by atoms with van der Waals surface area (Å²) in [6.45, 7) is -0.668. The first kappa shape index (κ1) is 22.1. The molecule has 32 heavy (non-hydrogen) atoms. The van der Waals surface area contributed by atoms with Gasteiger partial charge in [-0.1, -0.05) is 0 Å². The Morgan fingerprint density at radius 2 is 1.69 bits per heavy atom. The Balaban J connectivity index is 1.87. The zero-order valence-corrected chi connectivity index (χ0v) is 16.9. The molecule has 1 aromatic heterocycles. The predicted molar refractivity (Wildman–Crippen MR) is 111 cm³/mol. The third-order valence-electron chi connectivity index (χ3n) is 5.56. The van der Waals surface area contributed by atoms with Gasteiger partial charge in [-0.05, 0) is 30.3 Å². The lowest BCUT2D eigenvalue weighted by molar-refractivity contribution is -0.232. The molecule has 0 aliphatic carbocycles. The molecule has 3 aromatic rings. The Labute approximate surface area is 181 Å². The van der Waals surface area contributed by atoms with E-state index < -0.39 is 54.1 Å². The molecule has 170 valence electrons. The van der Waals surface area contributed by atoms with Crippen LogP contribution >= 0.6 is 0 Å². The molecule has 0 spiro atoms. The number of hydrogen-bond acceptors (Lipinski definition) is 10. The van der Waals surface area contributed by atoms with E-state index in [1.54, 1.807) is 24.3 Å². The quantitative estimate of drug-likeness (QED) is 0.308. The second-order valence-electron chi connectivity index (χ2n) is 7.49. The Morgan fingerprint density at radius 1 is 1.00 bits per heavy atom. The zero-order chi connectivity index (χ0) is 23.2. The molecular weight excluding hydrogens is 424 g/mol. The fraction of sp³-hybridized carbons (Fsp3) is 0.318. The summed E-state index contributed by atoms with van der Waals surface area (Å²) in [6, 6.07) is 8.76. The summed E-state index contributed by atoms with van der Waals surface area (Å²) in [7, 11) is 1.51. The molecule has 0 bridgehead atoms. The van der Waals surface area contributed by atoms with Crippen molar-refractivity contribution in [3.63, 3.8) is 0 Å². The van der Waals surface area contributed by atoms with Crippen molar-refractivity contribution in [1.29, 1.82) is 0 Å². The number of aromatic hydroxyl groups is 2. The second-order valence-corrected chi connectivity index (χ2v) is 7.49. The minimum Gasteiger partial charge on any atom is -0.507 e. The van der Waals surface area contributed by atoms with Crippen LogP contribution in [0.3, 0.4) is 0 Å². The van der Waals surface area contributed by atoms with Crippen LogP contribution in [0.4, 0.5) is 0 Å². The molecule has 5 atom stereocenters. The van der Waals surface area contributed by atoms with E-state index in [-0.39, 0.29) is 22.3 Å². The van der Waals surface area contributed by atoms with Gasteiger partial charge in [0.15, 0.2) is 16.8 Å². The molecule has 6 N–H and O–H groups in total. The van der Waals surface area contributed by atoms with Gasteiger partial charge in [-0.25, -0.2) is 0 Å². The maximum Gasteiger partial charge on any atom is 0.197 e. The van der Waals surface area contributed by atoms with E-state index in [0.717, 1.165) is 12.1 Å². The van der Waals surface area contributed by atoms with Crippen molar-refractivity contribution < 1.29 is 44.5 Å². The number of aliphatic hydroxyl groups is 4. The number of aliphatic hydroxyl groups excluding tert-OH is 4. The van der Waals surface area contributed by atoms with Crippen LogP contribution in [0, 0.1) is 0 Å². The molecular formula is C22H22O10. The van der Waals surface area contributed by atoms with Gasteiger partial charge in [0.1, 0.15) is 53.2 Å². The lowest BCUT2D eigenvalue weighted by Gasteiger charge is -2.40. The minimum atomic E-state index is -1.70. The molecule has 0 saturated carbocycles. The van der Waals surface area contributed by atoms with Gasteiger partial charge in [0.25, 0.3) is 0 Å². The summed E-state index contributed by atoms with van der Waals surface area (Å²) in [4.78, 5) is 12.7. The Bertz CT molecular complexity index is 1180. The molecule has 0 amide bonds. The first-order chi connectivity index (χ1) is 15.3. The van der Waals surface area contributed by atoms with Crippen molar-refractivity contribution in [2.75, 3.05) is 13.7 Å². The SMILES string of the molecule is COc1ccc(-c2cc(=O)c3c(O)cc([C@H]4O[C@H](CO)[C@@H](O)[C@H](O)[C@H]4O)c(O)c3o2)cc1. The van der Waals surface area contributed by atoms with Gasteiger partial charge in [-0.2, -0.15) is 0 Å². The zero-order valence-electron chi connectivity index (χ0n) is 16.9. The number of ether oxygens (including phenoxy) is 2. The molecule has 1 aliphatic heterocycles. The molecule has 1 saturated heterocycles. The Hall–Kier alpha value is -3.15. The van der Waals surface area contributed by atoms with Crippen LogP contribution in [-0.2, 0) is 4.74 Å². The number of benzene rings is 2. The van der Waals surface area contributed by atoms with Gasteiger partial charge in [0.2, 0.25) is 0 Å². The third-order valence-corrected chi connectivity index (χ3v) is 5.56. The van der Waals surface area contributed by atoms with Gasteiger partial charge < -0.3 is 44.5 Å². The topological polar surface area (TPSA) is 170 Å². The summed E-state index contributed by atoms with van der Waals surface area (Å²) in [5.41, 5.74) is -0.663. The molecule has 1 fully saturated rings. The summed E-state index contributed by atoms with van der Waals surface area (Å²) in [5, 5.41) is 60.9. The number of rotatable bonds is 4. The van der Waals surface area contributed by atoms with E-state index in [2.05, 4.69) is 0 Å². The number of fused-ring (bicyclic) bond motifs is 1. The largest absolute Gasteiger partial charge is 0.507 e. The third kappa shape index (κ3) is 3.57. The number of phenols is 2. The highest BCUT2D eigenvalue weighted by molar-refractivity contribution is 5.90. The van der Waals surface area contributed by atoms with Crippen LogP contribution in [0.2, 0.25) is 0 Å². The van der Waals surface area contributed by atoms with Crippen LogP contribution in [-0.4, -0.2) is 68.8 Å². The number of methoxy groups -OCH3 is 1. The van der Waals surface area contributed by atoms with Crippen molar-refractivity contribution in [3.05, 3.63) is 52.2 Å². The van der Waals surface area contributed by atoms with Gasteiger partial charge >= 0.3 is 0 Å². The molecule has 1 aliphatic rings. The molecule has 0 radical (unpaired) electrons. The molecule has 4 rings (SSSR count). The maximum absolute atomic E-state index is 12.7. The smallest absolute Gasteiger partial charge is 0.197 e. The van der Waals surface area contributed by atoms with Crippen molar-refractivity contribution in [1.82, 2.24) is 0 Å². The first-order valence-electron chi connectivity index (χ1n) is 9.74. The highest BCUT2D eigenvalue weighted by Gasteiger charge is 2.45. The van der Waals surface area contributed by atoms with Crippen LogP contribution in [0.5, 0.6) is 17.2 Å². The molecule has 2 heterocycles. The van der Waals surface area contributed by atoms with Crippen molar-refractivity contribution in [2.24, 2.45) is 0 Å². The normalized spacial score (nSPS) is 25.7. The average molecular weight is 446 g/mol. The van der Waals surface area contributed by atoms with Crippen LogP contribution in [0.15, 0.2) is 45.6 Å². The minimum absolute atomic E-state index is 0.103. The van der Waals surface area contributed by atoms with Gasteiger partial charge in [0, 0.05) is 17.2 Å². The molecule has 0 unspecified atom stereocenters. The average Bonchev–Trinajstić information content (AvgIpc) is 2.80. The first-order valence-corrected chi connectivity index (χ1v) is 9.74. The second kappa shape index (κ2) is 8.41. The summed E-state index contributed by atoms with van der Waals surface area (Å²) < 4.78 is 16.3. The highest BCUT2D eigenvalue weighted by atomic mass is 16.5. The van der Waals surface area contributed by atoms with Crippen LogP contribution in [0.25, 0.3) is 22.3 Å². The lowest BCUT2D eigenvalue weighted by atomic mass is 9.90. The van der Waals surface area contributed by atoms with Crippen molar-refractivity contribution in [3.8, 4) is 28.6 Å². The summed E-state index contributed by atoms with van der Waals surface area (Å²) >= 11 is 0. The van der Waals surface area contributed by atoms with Crippen LogP contribution in [0.1, 0.15) is 11.7 Å². The molecule has 10 heteroatoms. The van der Waals surface area contributed by atoms with E-state index in [1.165, 1.54) is 7.11 Å².